The molecule has 1 aliphatic rings. The summed E-state index contributed by atoms with van der Waals surface area (Å²) in [6.07, 6.45) is 1.52. The molecule has 3 N–H and O–H groups in total. The van der Waals surface area contributed by atoms with Crippen molar-refractivity contribution in [2.45, 2.75) is 25.3 Å². The van der Waals surface area contributed by atoms with E-state index in [4.69, 9.17) is 10.5 Å². The first-order valence-corrected chi connectivity index (χ1v) is 5.91. The van der Waals surface area contributed by atoms with Crippen LogP contribution >= 0.6 is 0 Å². The Labute approximate surface area is 101 Å². The molecule has 1 heterocycles. The number of carbonyl (C=O) groups is 1. The summed E-state index contributed by atoms with van der Waals surface area (Å²) in [5.41, 5.74) is 7.10. The quantitative estimate of drug-likeness (QED) is 0.828. The van der Waals surface area contributed by atoms with Crippen LogP contribution in [0.2, 0.25) is 0 Å². The van der Waals surface area contributed by atoms with Crippen molar-refractivity contribution in [1.82, 2.24) is 0 Å². The predicted octanol–water partition coefficient (Wildman–Crippen LogP) is 1.31. The Morgan fingerprint density at radius 3 is 3.06 bits per heavy atom. The van der Waals surface area contributed by atoms with Gasteiger partial charge in [0, 0.05) is 12.3 Å². The summed E-state index contributed by atoms with van der Waals surface area (Å²) in [4.78, 5) is 12.0. The van der Waals surface area contributed by atoms with Gasteiger partial charge in [-0.1, -0.05) is 19.1 Å². The number of nitrogens with two attached hydrogens (primary N) is 1. The lowest BCUT2D eigenvalue weighted by Crippen LogP contribution is -2.51. The Balaban J connectivity index is 2.07. The van der Waals surface area contributed by atoms with E-state index in [0.29, 0.717) is 19.6 Å². The van der Waals surface area contributed by atoms with Gasteiger partial charge in [0.2, 0.25) is 5.91 Å². The van der Waals surface area contributed by atoms with Gasteiger partial charge < -0.3 is 15.8 Å². The summed E-state index contributed by atoms with van der Waals surface area (Å²) >= 11 is 0. The molecule has 1 atom stereocenters. The monoisotopic (exact) mass is 234 g/mol. The van der Waals surface area contributed by atoms with Gasteiger partial charge in [0.05, 0.1) is 6.61 Å². The molecular weight excluding hydrogens is 216 g/mol. The lowest BCUT2D eigenvalue weighted by molar-refractivity contribution is -0.121. The maximum Gasteiger partial charge on any atom is 0.246 e. The lowest BCUT2D eigenvalue weighted by atomic mass is 9.99. The zero-order valence-electron chi connectivity index (χ0n) is 10.0. The molecule has 0 aromatic heterocycles. The van der Waals surface area contributed by atoms with E-state index < -0.39 is 5.54 Å². The second-order valence-corrected chi connectivity index (χ2v) is 4.47. The zero-order chi connectivity index (χ0) is 12.3. The predicted molar refractivity (Wildman–Crippen MR) is 66.8 cm³/mol. The first-order valence-electron chi connectivity index (χ1n) is 5.91. The van der Waals surface area contributed by atoms with Crippen LogP contribution in [0.3, 0.4) is 0 Å². The number of benzene rings is 1. The third kappa shape index (κ3) is 2.65. The first-order chi connectivity index (χ1) is 8.14. The van der Waals surface area contributed by atoms with Crippen molar-refractivity contribution in [1.29, 1.82) is 0 Å². The van der Waals surface area contributed by atoms with Crippen molar-refractivity contribution >= 4 is 11.6 Å². The summed E-state index contributed by atoms with van der Waals surface area (Å²) in [7, 11) is 0. The minimum Gasteiger partial charge on any atom is -0.379 e. The number of hydrogen-bond donors (Lipinski definition) is 2. The molecule has 1 aromatic carbocycles. The topological polar surface area (TPSA) is 64.4 Å². The molecule has 2 rings (SSSR count). The Morgan fingerprint density at radius 2 is 2.41 bits per heavy atom. The molecule has 1 saturated heterocycles. The largest absolute Gasteiger partial charge is 0.379 e. The molecule has 0 aliphatic carbocycles. The van der Waals surface area contributed by atoms with Crippen molar-refractivity contribution in [3.05, 3.63) is 29.8 Å². The van der Waals surface area contributed by atoms with Crippen LogP contribution in [0.15, 0.2) is 24.3 Å². The molecule has 1 unspecified atom stereocenters. The third-order valence-corrected chi connectivity index (χ3v) is 3.10. The SMILES string of the molecule is CCc1cccc(NC(=O)C2(N)CCOC2)c1. The van der Waals surface area contributed by atoms with Crippen LogP contribution in [0.25, 0.3) is 0 Å². The van der Waals surface area contributed by atoms with Gasteiger partial charge in [0.1, 0.15) is 5.54 Å². The van der Waals surface area contributed by atoms with Crippen molar-refractivity contribution in [2.75, 3.05) is 18.5 Å². The fourth-order valence-corrected chi connectivity index (χ4v) is 1.88. The van der Waals surface area contributed by atoms with Gasteiger partial charge in [-0.05, 0) is 30.5 Å². The molecule has 0 spiro atoms. The number of carbonyl (C=O) groups excluding carboxylic acids is 1. The van der Waals surface area contributed by atoms with Gasteiger partial charge in [-0.2, -0.15) is 0 Å². The van der Waals surface area contributed by atoms with E-state index in [2.05, 4.69) is 12.2 Å². The highest BCUT2D eigenvalue weighted by atomic mass is 16.5. The highest BCUT2D eigenvalue weighted by Crippen LogP contribution is 2.19. The van der Waals surface area contributed by atoms with Gasteiger partial charge in [-0.25, -0.2) is 0 Å². The average Bonchev–Trinajstić information content (AvgIpc) is 2.78. The summed E-state index contributed by atoms with van der Waals surface area (Å²) in [6.45, 7) is 2.93. The summed E-state index contributed by atoms with van der Waals surface area (Å²) < 4.78 is 5.18. The van der Waals surface area contributed by atoms with Crippen LogP contribution in [-0.2, 0) is 16.0 Å². The van der Waals surface area contributed by atoms with Crippen LogP contribution in [0, 0.1) is 0 Å². The molecule has 0 saturated carbocycles. The molecule has 0 radical (unpaired) electrons. The van der Waals surface area contributed by atoms with Crippen LogP contribution < -0.4 is 11.1 Å². The number of aryl methyl sites for hydroxylation is 1. The number of nitrogens with one attached hydrogen (secondary N) is 1. The molecule has 92 valence electrons. The molecule has 0 bridgehead atoms. The Bertz CT molecular complexity index is 412. The van der Waals surface area contributed by atoms with Crippen molar-refractivity contribution in [3.63, 3.8) is 0 Å². The summed E-state index contributed by atoms with van der Waals surface area (Å²) in [5.74, 6) is -0.164. The fourth-order valence-electron chi connectivity index (χ4n) is 1.88. The second kappa shape index (κ2) is 4.85. The molecule has 1 fully saturated rings. The summed E-state index contributed by atoms with van der Waals surface area (Å²) in [6, 6.07) is 7.81. The van der Waals surface area contributed by atoms with Gasteiger partial charge >= 0.3 is 0 Å². The van der Waals surface area contributed by atoms with E-state index in [1.165, 1.54) is 5.56 Å². The zero-order valence-corrected chi connectivity index (χ0v) is 10.0. The molecule has 1 aliphatic heterocycles. The number of hydrogen-bond acceptors (Lipinski definition) is 3. The van der Waals surface area contributed by atoms with E-state index in [1.54, 1.807) is 0 Å². The molecule has 4 heteroatoms. The first kappa shape index (κ1) is 12.1. The van der Waals surface area contributed by atoms with Crippen molar-refractivity contribution < 1.29 is 9.53 Å². The third-order valence-electron chi connectivity index (χ3n) is 3.10. The Hall–Kier alpha value is -1.39. The normalized spacial score (nSPS) is 23.6. The van der Waals surface area contributed by atoms with Crippen LogP contribution in [-0.4, -0.2) is 24.7 Å². The minimum atomic E-state index is -0.873. The van der Waals surface area contributed by atoms with E-state index >= 15 is 0 Å². The Morgan fingerprint density at radius 1 is 1.59 bits per heavy atom. The average molecular weight is 234 g/mol. The van der Waals surface area contributed by atoms with E-state index in [-0.39, 0.29) is 5.91 Å². The van der Waals surface area contributed by atoms with Gasteiger partial charge in [-0.3, -0.25) is 4.79 Å². The maximum atomic E-state index is 12.0. The molecular formula is C13H18N2O2. The molecule has 1 aromatic rings. The maximum absolute atomic E-state index is 12.0. The van der Waals surface area contributed by atoms with Crippen molar-refractivity contribution in [3.8, 4) is 0 Å². The second-order valence-electron chi connectivity index (χ2n) is 4.47. The fraction of sp³-hybridized carbons (Fsp3) is 0.462. The Kier molecular flexibility index (Phi) is 3.45. The van der Waals surface area contributed by atoms with Gasteiger partial charge in [0.25, 0.3) is 0 Å². The van der Waals surface area contributed by atoms with E-state index in [1.807, 2.05) is 24.3 Å². The lowest BCUT2D eigenvalue weighted by Gasteiger charge is -2.20. The summed E-state index contributed by atoms with van der Waals surface area (Å²) in [5, 5.41) is 2.86. The number of ether oxygens (including phenoxy) is 1. The standard InChI is InChI=1S/C13H18N2O2/c1-2-10-4-3-5-11(8-10)15-12(16)13(14)6-7-17-9-13/h3-5,8H,2,6-7,9,14H2,1H3,(H,15,16). The van der Waals surface area contributed by atoms with E-state index in [0.717, 1.165) is 12.1 Å². The number of amides is 1. The molecule has 4 nitrogen and oxygen atoms in total. The highest BCUT2D eigenvalue weighted by molar-refractivity contribution is 5.98. The van der Waals surface area contributed by atoms with Crippen LogP contribution in [0.1, 0.15) is 18.9 Å². The van der Waals surface area contributed by atoms with Crippen LogP contribution in [0.4, 0.5) is 5.69 Å². The van der Waals surface area contributed by atoms with Crippen LogP contribution in [0.5, 0.6) is 0 Å². The number of anilines is 1. The molecule has 17 heavy (non-hydrogen) atoms. The minimum absolute atomic E-state index is 0.164. The van der Waals surface area contributed by atoms with Gasteiger partial charge in [-0.15, -0.1) is 0 Å². The highest BCUT2D eigenvalue weighted by Gasteiger charge is 2.38. The van der Waals surface area contributed by atoms with Crippen molar-refractivity contribution in [2.24, 2.45) is 5.73 Å². The molecule has 1 amide bonds. The van der Waals surface area contributed by atoms with Gasteiger partial charge in [0.15, 0.2) is 0 Å². The number of rotatable bonds is 3. The smallest absolute Gasteiger partial charge is 0.246 e. The van der Waals surface area contributed by atoms with E-state index in [9.17, 15) is 4.79 Å².